The van der Waals surface area contributed by atoms with Crippen LogP contribution in [0.15, 0.2) is 150 Å². The lowest BCUT2D eigenvalue weighted by Gasteiger charge is -2.22. The third-order valence-corrected chi connectivity index (χ3v) is 10.5. The predicted molar refractivity (Wildman–Crippen MR) is 195 cm³/mol. The Morgan fingerprint density at radius 2 is 0.978 bits per heavy atom. The van der Waals surface area contributed by atoms with Gasteiger partial charge in [0, 0.05) is 16.2 Å². The molecule has 46 heavy (non-hydrogen) atoms. The van der Waals surface area contributed by atoms with Crippen molar-refractivity contribution in [2.75, 3.05) is 0 Å². The first-order valence-corrected chi connectivity index (χ1v) is 16.1. The Labute approximate surface area is 267 Å². The summed E-state index contributed by atoms with van der Waals surface area (Å²) in [4.78, 5) is 0. The molecule has 1 nitrogen and oxygen atoms in total. The molecule has 1 heterocycles. The molecule has 0 unspecified atom stereocenters. The molecule has 9 aromatic rings. The molecular weight excluding hydrogens is 556 g/mol. The maximum Gasteiger partial charge on any atom is 0.136 e. The first-order chi connectivity index (χ1) is 22.6. The maximum atomic E-state index is 6.28. The van der Waals surface area contributed by atoms with Gasteiger partial charge in [0.2, 0.25) is 0 Å². The van der Waals surface area contributed by atoms with Gasteiger partial charge in [-0.25, -0.2) is 0 Å². The smallest absolute Gasteiger partial charge is 0.136 e. The lowest BCUT2D eigenvalue weighted by atomic mass is 9.81. The molecule has 0 fully saturated rings. The van der Waals surface area contributed by atoms with Gasteiger partial charge in [0.05, 0.1) is 0 Å². The minimum Gasteiger partial charge on any atom is -0.456 e. The van der Waals surface area contributed by atoms with Gasteiger partial charge >= 0.3 is 0 Å². The molecule has 8 aromatic carbocycles. The molecule has 1 aliphatic rings. The molecular formula is C45H30O. The van der Waals surface area contributed by atoms with Crippen molar-refractivity contribution >= 4 is 54.3 Å². The van der Waals surface area contributed by atoms with Crippen molar-refractivity contribution < 1.29 is 4.42 Å². The number of hydrogen-bond donors (Lipinski definition) is 0. The molecule has 1 heteroatoms. The number of para-hydroxylation sites is 1. The maximum absolute atomic E-state index is 6.28. The van der Waals surface area contributed by atoms with Crippen LogP contribution in [0.3, 0.4) is 0 Å². The van der Waals surface area contributed by atoms with E-state index in [1.807, 2.05) is 6.07 Å². The van der Waals surface area contributed by atoms with E-state index >= 15 is 0 Å². The standard InChI is InChI=1S/C45H30O/c1-45(2)38-20-9-7-12-29(38)37-26-27(22-24-39(37)45)42-32-13-3-5-15-34(32)43(35-16-6-4-14-33(35)42)30-18-11-19-31-28(30)23-25-41-44(31)36-17-8-10-21-40(36)46-41/h3-26H,1-2H3. The summed E-state index contributed by atoms with van der Waals surface area (Å²) in [6.07, 6.45) is 0. The van der Waals surface area contributed by atoms with E-state index in [0.717, 1.165) is 16.6 Å². The molecule has 0 saturated heterocycles. The Morgan fingerprint density at radius 1 is 0.391 bits per heavy atom. The lowest BCUT2D eigenvalue weighted by Crippen LogP contribution is -2.14. The van der Waals surface area contributed by atoms with Crippen molar-refractivity contribution in [1.29, 1.82) is 0 Å². The normalized spacial score (nSPS) is 13.6. The van der Waals surface area contributed by atoms with Gasteiger partial charge < -0.3 is 4.42 Å². The largest absolute Gasteiger partial charge is 0.456 e. The molecule has 216 valence electrons. The molecule has 0 amide bonds. The molecule has 0 radical (unpaired) electrons. The van der Waals surface area contributed by atoms with Gasteiger partial charge in [0.15, 0.2) is 0 Å². The van der Waals surface area contributed by atoms with Crippen molar-refractivity contribution in [1.82, 2.24) is 0 Å². The van der Waals surface area contributed by atoms with Crippen LogP contribution in [-0.4, -0.2) is 0 Å². The molecule has 0 saturated carbocycles. The molecule has 0 spiro atoms. The summed E-state index contributed by atoms with van der Waals surface area (Å²) in [7, 11) is 0. The van der Waals surface area contributed by atoms with Crippen LogP contribution < -0.4 is 0 Å². The van der Waals surface area contributed by atoms with Crippen LogP contribution in [-0.2, 0) is 5.41 Å². The zero-order chi connectivity index (χ0) is 30.6. The molecule has 10 rings (SSSR count). The van der Waals surface area contributed by atoms with Crippen LogP contribution in [0.25, 0.3) is 87.6 Å². The van der Waals surface area contributed by atoms with Crippen LogP contribution >= 0.6 is 0 Å². The lowest BCUT2D eigenvalue weighted by molar-refractivity contribution is 0.660. The third-order valence-electron chi connectivity index (χ3n) is 10.5. The average Bonchev–Trinajstić information content (AvgIpc) is 3.59. The minimum atomic E-state index is -0.0153. The van der Waals surface area contributed by atoms with Gasteiger partial charge in [-0.1, -0.05) is 141 Å². The number of furan rings is 1. The Bertz CT molecular complexity index is 2660. The zero-order valence-electron chi connectivity index (χ0n) is 25.8. The first kappa shape index (κ1) is 25.6. The van der Waals surface area contributed by atoms with Gasteiger partial charge in [-0.15, -0.1) is 0 Å². The predicted octanol–water partition coefficient (Wildman–Crippen LogP) is 12.7. The monoisotopic (exact) mass is 586 g/mol. The van der Waals surface area contributed by atoms with Crippen molar-refractivity contribution in [3.05, 3.63) is 157 Å². The van der Waals surface area contributed by atoms with Gasteiger partial charge in [0.25, 0.3) is 0 Å². The summed E-state index contributed by atoms with van der Waals surface area (Å²) >= 11 is 0. The highest BCUT2D eigenvalue weighted by Gasteiger charge is 2.35. The van der Waals surface area contributed by atoms with E-state index in [-0.39, 0.29) is 5.41 Å². The number of fused-ring (bicyclic) bond motifs is 10. The Morgan fingerprint density at radius 3 is 1.74 bits per heavy atom. The topological polar surface area (TPSA) is 13.1 Å². The first-order valence-electron chi connectivity index (χ1n) is 16.1. The van der Waals surface area contributed by atoms with E-state index in [4.69, 9.17) is 4.42 Å². The fourth-order valence-electron chi connectivity index (χ4n) is 8.40. The Kier molecular flexibility index (Phi) is 5.12. The highest BCUT2D eigenvalue weighted by atomic mass is 16.3. The van der Waals surface area contributed by atoms with Gasteiger partial charge in [-0.05, 0) is 95.0 Å². The van der Waals surface area contributed by atoms with Gasteiger partial charge in [-0.3, -0.25) is 0 Å². The second-order valence-corrected chi connectivity index (χ2v) is 13.2. The summed E-state index contributed by atoms with van der Waals surface area (Å²) in [6, 6.07) is 53.5. The number of rotatable bonds is 2. The summed E-state index contributed by atoms with van der Waals surface area (Å²) in [5.74, 6) is 0. The quantitative estimate of drug-likeness (QED) is 0.184. The van der Waals surface area contributed by atoms with E-state index in [0.29, 0.717) is 0 Å². The fraction of sp³-hybridized carbons (Fsp3) is 0.0667. The molecule has 0 atom stereocenters. The second kappa shape index (κ2) is 9.19. The summed E-state index contributed by atoms with van der Waals surface area (Å²) in [5, 5.41) is 9.87. The second-order valence-electron chi connectivity index (χ2n) is 13.2. The van der Waals surface area contributed by atoms with Crippen molar-refractivity contribution in [2.45, 2.75) is 19.3 Å². The van der Waals surface area contributed by atoms with Gasteiger partial charge in [0.1, 0.15) is 11.2 Å². The van der Waals surface area contributed by atoms with Crippen LogP contribution in [0.2, 0.25) is 0 Å². The molecule has 1 aromatic heterocycles. The van der Waals surface area contributed by atoms with Crippen LogP contribution in [0, 0.1) is 0 Å². The molecule has 0 N–H and O–H groups in total. The molecule has 0 aliphatic heterocycles. The Hall–Kier alpha value is -5.66. The van der Waals surface area contributed by atoms with E-state index in [2.05, 4.69) is 153 Å². The van der Waals surface area contributed by atoms with Crippen molar-refractivity contribution in [3.8, 4) is 33.4 Å². The van der Waals surface area contributed by atoms with Crippen LogP contribution in [0.5, 0.6) is 0 Å². The van der Waals surface area contributed by atoms with E-state index < -0.39 is 0 Å². The zero-order valence-corrected chi connectivity index (χ0v) is 25.8. The SMILES string of the molecule is CC1(C)c2ccccc2-c2cc(-c3c4ccccc4c(-c4cccc5c4ccc4oc6ccccc6c45)c4ccccc34)ccc21. The molecule has 1 aliphatic carbocycles. The summed E-state index contributed by atoms with van der Waals surface area (Å²) < 4.78 is 6.28. The van der Waals surface area contributed by atoms with Gasteiger partial charge in [-0.2, -0.15) is 0 Å². The van der Waals surface area contributed by atoms with Crippen LogP contribution in [0.4, 0.5) is 0 Å². The third kappa shape index (κ3) is 3.35. The fourth-order valence-corrected chi connectivity index (χ4v) is 8.40. The van der Waals surface area contributed by atoms with Crippen molar-refractivity contribution in [3.63, 3.8) is 0 Å². The summed E-state index contributed by atoms with van der Waals surface area (Å²) in [5.41, 5.74) is 12.4. The highest BCUT2D eigenvalue weighted by molar-refractivity contribution is 6.26. The van der Waals surface area contributed by atoms with Crippen molar-refractivity contribution in [2.24, 2.45) is 0 Å². The Balaban J connectivity index is 1.29. The minimum absolute atomic E-state index is 0.0153. The molecule has 0 bridgehead atoms. The van der Waals surface area contributed by atoms with E-state index in [9.17, 15) is 0 Å². The summed E-state index contributed by atoms with van der Waals surface area (Å²) in [6.45, 7) is 4.70. The van der Waals surface area contributed by atoms with E-state index in [1.54, 1.807) is 0 Å². The van der Waals surface area contributed by atoms with Crippen LogP contribution in [0.1, 0.15) is 25.0 Å². The number of benzene rings is 8. The highest BCUT2D eigenvalue weighted by Crippen LogP contribution is 2.51. The number of hydrogen-bond acceptors (Lipinski definition) is 1. The van der Waals surface area contributed by atoms with E-state index in [1.165, 1.54) is 82.2 Å². The average molecular weight is 587 g/mol.